The predicted octanol–water partition coefficient (Wildman–Crippen LogP) is 6.03. The molecule has 4 nitrogen and oxygen atoms in total. The van der Waals surface area contributed by atoms with E-state index in [1.54, 1.807) is 24.5 Å². The van der Waals surface area contributed by atoms with Gasteiger partial charge in [0.2, 0.25) is 0 Å². The van der Waals surface area contributed by atoms with E-state index >= 15 is 0 Å². The molecule has 0 spiro atoms. The summed E-state index contributed by atoms with van der Waals surface area (Å²) in [6.07, 6.45) is 5.88. The highest BCUT2D eigenvalue weighted by atomic mass is 35.5. The first-order valence-electron chi connectivity index (χ1n) is 9.28. The Hall–Kier alpha value is -1.98. The lowest BCUT2D eigenvalue weighted by Crippen LogP contribution is -2.13. The molecule has 0 atom stereocenters. The maximum atomic E-state index is 13.1. The number of halogens is 1. The second-order valence-electron chi connectivity index (χ2n) is 7.14. The fraction of sp³-hybridized carbons (Fsp3) is 0.381. The molecule has 0 saturated carbocycles. The van der Waals surface area contributed by atoms with Gasteiger partial charge in [0.25, 0.3) is 5.91 Å². The summed E-state index contributed by atoms with van der Waals surface area (Å²) >= 11 is 7.90. The van der Waals surface area contributed by atoms with Crippen molar-refractivity contribution in [2.75, 3.05) is 12.4 Å². The number of benzene rings is 1. The Morgan fingerprint density at radius 2 is 2.00 bits per heavy atom. The number of amides is 1. The van der Waals surface area contributed by atoms with Crippen molar-refractivity contribution in [3.63, 3.8) is 0 Å². The number of aromatic amines is 1. The van der Waals surface area contributed by atoms with Gasteiger partial charge in [-0.05, 0) is 56.7 Å². The fourth-order valence-corrected chi connectivity index (χ4v) is 5.25. The number of rotatable bonds is 3. The van der Waals surface area contributed by atoms with E-state index in [0.717, 1.165) is 34.4 Å². The Balaban J connectivity index is 1.73. The first kappa shape index (κ1) is 18.4. The molecule has 2 N–H and O–H groups in total. The van der Waals surface area contributed by atoms with Gasteiger partial charge in [-0.3, -0.25) is 4.79 Å². The van der Waals surface area contributed by atoms with E-state index in [4.69, 9.17) is 16.3 Å². The second-order valence-corrected chi connectivity index (χ2v) is 8.77. The van der Waals surface area contributed by atoms with Crippen LogP contribution in [0.1, 0.15) is 51.3 Å². The second kappa shape index (κ2) is 7.21. The van der Waals surface area contributed by atoms with Crippen LogP contribution in [-0.4, -0.2) is 18.0 Å². The van der Waals surface area contributed by atoms with Crippen LogP contribution in [0.4, 0.5) is 5.69 Å². The highest BCUT2D eigenvalue weighted by Gasteiger charge is 2.24. The maximum absolute atomic E-state index is 13.1. The van der Waals surface area contributed by atoms with Crippen LogP contribution in [0.2, 0.25) is 5.02 Å². The van der Waals surface area contributed by atoms with Crippen LogP contribution in [0.5, 0.6) is 5.75 Å². The van der Waals surface area contributed by atoms with Gasteiger partial charge in [0.15, 0.2) is 0 Å². The number of H-pyrrole nitrogens is 1. The van der Waals surface area contributed by atoms with Crippen molar-refractivity contribution in [1.82, 2.24) is 4.98 Å². The van der Waals surface area contributed by atoms with Gasteiger partial charge in [0.05, 0.1) is 28.6 Å². The van der Waals surface area contributed by atoms with E-state index in [9.17, 15) is 4.79 Å². The highest BCUT2D eigenvalue weighted by molar-refractivity contribution is 7.19. The molecule has 4 rings (SSSR count). The number of aryl methyl sites for hydroxylation is 4. The molecule has 142 valence electrons. The zero-order chi connectivity index (χ0) is 19.1. The molecule has 1 aliphatic rings. The number of methoxy groups -OCH3 is 1. The zero-order valence-corrected chi connectivity index (χ0v) is 17.4. The van der Waals surface area contributed by atoms with Crippen LogP contribution >= 0.6 is 22.9 Å². The van der Waals surface area contributed by atoms with Crippen molar-refractivity contribution in [1.29, 1.82) is 0 Å². The quantitative estimate of drug-likeness (QED) is 0.525. The third-order valence-electron chi connectivity index (χ3n) is 5.31. The average Bonchev–Trinajstić information content (AvgIpc) is 3.01. The minimum atomic E-state index is -0.116. The number of anilines is 1. The number of nitrogens with one attached hydrogen (secondary N) is 2. The number of ether oxygens (including phenoxy) is 1. The molecule has 6 heteroatoms. The van der Waals surface area contributed by atoms with Crippen LogP contribution in [0.25, 0.3) is 10.2 Å². The summed E-state index contributed by atoms with van der Waals surface area (Å²) in [5, 5.41) is 3.64. The largest absolute Gasteiger partial charge is 0.495 e. The summed E-state index contributed by atoms with van der Waals surface area (Å²) < 4.78 is 6.64. The number of hydrogen-bond donors (Lipinski definition) is 2. The fourth-order valence-electron chi connectivity index (χ4n) is 3.89. The third-order valence-corrected chi connectivity index (χ3v) is 6.88. The highest BCUT2D eigenvalue weighted by Crippen LogP contribution is 2.38. The van der Waals surface area contributed by atoms with Crippen molar-refractivity contribution < 1.29 is 9.53 Å². The summed E-state index contributed by atoms with van der Waals surface area (Å²) in [5.74, 6) is 0.445. The summed E-state index contributed by atoms with van der Waals surface area (Å²) in [4.78, 5) is 17.7. The molecule has 1 aliphatic carbocycles. The Labute approximate surface area is 167 Å². The molecule has 0 unspecified atom stereocenters. The van der Waals surface area contributed by atoms with Crippen molar-refractivity contribution in [2.24, 2.45) is 0 Å². The van der Waals surface area contributed by atoms with Crippen molar-refractivity contribution in [3.8, 4) is 5.75 Å². The molecule has 3 aromatic rings. The van der Waals surface area contributed by atoms with Crippen LogP contribution in [-0.2, 0) is 12.8 Å². The van der Waals surface area contributed by atoms with E-state index < -0.39 is 0 Å². The molecular weight excluding hydrogens is 380 g/mol. The predicted molar refractivity (Wildman–Crippen MR) is 113 cm³/mol. The van der Waals surface area contributed by atoms with E-state index in [0.29, 0.717) is 16.5 Å². The monoisotopic (exact) mass is 402 g/mol. The lowest BCUT2D eigenvalue weighted by molar-refractivity contribution is 0.102. The molecular formula is C21H23ClN2O2S. The van der Waals surface area contributed by atoms with Crippen molar-refractivity contribution >= 4 is 44.7 Å². The first-order chi connectivity index (χ1) is 13.0. The van der Waals surface area contributed by atoms with Gasteiger partial charge in [0, 0.05) is 21.7 Å². The Morgan fingerprint density at radius 3 is 2.78 bits per heavy atom. The van der Waals surface area contributed by atoms with E-state index in [2.05, 4.69) is 10.3 Å². The number of hydrogen-bond acceptors (Lipinski definition) is 3. The zero-order valence-electron chi connectivity index (χ0n) is 15.8. The standard InChI is InChI=1S/C21H23ClN2O2S/c1-11-9-16(17(26-3)10-14(11)22)24-21(25)18-12(2)27-20-13-7-5-4-6-8-15(13)23-19(18)20/h9-10,23H,4-8H2,1-3H3,(H,24,25). The smallest absolute Gasteiger partial charge is 0.259 e. The van der Waals surface area contributed by atoms with Gasteiger partial charge in [-0.1, -0.05) is 18.0 Å². The molecule has 0 bridgehead atoms. The summed E-state index contributed by atoms with van der Waals surface area (Å²) in [5.41, 5.74) is 5.96. The average molecular weight is 403 g/mol. The molecule has 2 aromatic heterocycles. The molecule has 0 aliphatic heterocycles. The van der Waals surface area contributed by atoms with Gasteiger partial charge < -0.3 is 15.0 Å². The minimum absolute atomic E-state index is 0.116. The van der Waals surface area contributed by atoms with Crippen LogP contribution < -0.4 is 10.1 Å². The van der Waals surface area contributed by atoms with Gasteiger partial charge in [-0.15, -0.1) is 11.3 Å². The third kappa shape index (κ3) is 3.23. The van der Waals surface area contributed by atoms with Gasteiger partial charge in [-0.2, -0.15) is 0 Å². The lowest BCUT2D eigenvalue weighted by Gasteiger charge is -2.12. The van der Waals surface area contributed by atoms with Crippen LogP contribution in [0.3, 0.4) is 0 Å². The minimum Gasteiger partial charge on any atom is -0.495 e. The molecule has 0 fully saturated rings. The number of carbonyl (C=O) groups is 1. The van der Waals surface area contributed by atoms with E-state index in [1.807, 2.05) is 19.9 Å². The van der Waals surface area contributed by atoms with Crippen LogP contribution in [0.15, 0.2) is 12.1 Å². The van der Waals surface area contributed by atoms with Gasteiger partial charge >= 0.3 is 0 Å². The maximum Gasteiger partial charge on any atom is 0.259 e. The topological polar surface area (TPSA) is 54.1 Å². The van der Waals surface area contributed by atoms with Gasteiger partial charge in [-0.25, -0.2) is 0 Å². The Kier molecular flexibility index (Phi) is 4.91. The molecule has 0 radical (unpaired) electrons. The van der Waals surface area contributed by atoms with Gasteiger partial charge in [0.1, 0.15) is 5.75 Å². The van der Waals surface area contributed by atoms with Crippen molar-refractivity contribution in [3.05, 3.63) is 44.4 Å². The van der Waals surface area contributed by atoms with Crippen LogP contribution in [0, 0.1) is 13.8 Å². The number of carbonyl (C=O) groups excluding carboxylic acids is 1. The Morgan fingerprint density at radius 1 is 1.22 bits per heavy atom. The molecule has 1 amide bonds. The van der Waals surface area contributed by atoms with E-state index in [-0.39, 0.29) is 5.91 Å². The summed E-state index contributed by atoms with van der Waals surface area (Å²) in [7, 11) is 1.58. The van der Waals surface area contributed by atoms with Crippen molar-refractivity contribution in [2.45, 2.75) is 46.0 Å². The summed E-state index contributed by atoms with van der Waals surface area (Å²) in [6, 6.07) is 3.58. The van der Waals surface area contributed by atoms with E-state index in [1.165, 1.54) is 35.2 Å². The first-order valence-corrected chi connectivity index (χ1v) is 10.5. The molecule has 27 heavy (non-hydrogen) atoms. The lowest BCUT2D eigenvalue weighted by atomic mass is 10.1. The number of fused-ring (bicyclic) bond motifs is 3. The Bertz CT molecular complexity index is 1030. The normalized spacial score (nSPS) is 14.1. The molecule has 0 saturated heterocycles. The SMILES string of the molecule is COc1cc(Cl)c(C)cc1NC(=O)c1c(C)sc2c3c([nH]c12)CCCCC3. The molecule has 1 aromatic carbocycles. The number of aromatic nitrogens is 1. The molecule has 2 heterocycles. The number of thiophene rings is 1. The summed E-state index contributed by atoms with van der Waals surface area (Å²) in [6.45, 7) is 3.92.